The van der Waals surface area contributed by atoms with Crippen LogP contribution in [-0.4, -0.2) is 35.4 Å². The third kappa shape index (κ3) is 4.41. The van der Waals surface area contributed by atoms with E-state index < -0.39 is 5.97 Å². The second-order valence-corrected chi connectivity index (χ2v) is 7.04. The predicted octanol–water partition coefficient (Wildman–Crippen LogP) is 2.83. The topological polar surface area (TPSA) is 82.5 Å². The molecule has 0 bridgehead atoms. The van der Waals surface area contributed by atoms with E-state index in [1.165, 1.54) is 17.4 Å². The molecule has 0 aliphatic heterocycles. The second-order valence-electron chi connectivity index (χ2n) is 7.04. The number of aromatic nitrogens is 2. The van der Waals surface area contributed by atoms with E-state index in [0.717, 1.165) is 0 Å². The first-order chi connectivity index (χ1) is 12.1. The van der Waals surface area contributed by atoms with E-state index in [1.807, 2.05) is 24.3 Å². The number of carbonyl (C=O) groups is 2. The predicted molar refractivity (Wildman–Crippen MR) is 98.6 cm³/mol. The Kier molecular flexibility index (Phi) is 5.69. The van der Waals surface area contributed by atoms with Crippen LogP contribution in [0.3, 0.4) is 0 Å². The van der Waals surface area contributed by atoms with Crippen molar-refractivity contribution in [3.63, 3.8) is 0 Å². The Balaban J connectivity index is 2.03. The van der Waals surface area contributed by atoms with Crippen LogP contribution in [0.5, 0.6) is 5.75 Å². The van der Waals surface area contributed by atoms with Gasteiger partial charge >= 0.3 is 5.97 Å². The lowest BCUT2D eigenvalue weighted by Crippen LogP contribution is -2.22. The summed E-state index contributed by atoms with van der Waals surface area (Å²) < 4.78 is 11.7. The molecule has 0 aliphatic carbocycles. The Hall–Kier alpha value is -2.83. The normalized spacial score (nSPS) is 11.2. The number of rotatable bonds is 5. The Morgan fingerprint density at radius 2 is 1.81 bits per heavy atom. The molecule has 1 aromatic heterocycles. The van der Waals surface area contributed by atoms with Gasteiger partial charge in [-0.25, -0.2) is 4.79 Å². The van der Waals surface area contributed by atoms with E-state index in [9.17, 15) is 9.59 Å². The molecule has 0 saturated carbocycles. The molecule has 26 heavy (non-hydrogen) atoms. The number of amides is 1. The van der Waals surface area contributed by atoms with Gasteiger partial charge in [0.15, 0.2) is 12.3 Å². The van der Waals surface area contributed by atoms with Gasteiger partial charge in [-0.1, -0.05) is 32.9 Å². The summed E-state index contributed by atoms with van der Waals surface area (Å²) in [5.74, 6) is -0.391. The molecule has 0 unspecified atom stereocenters. The molecule has 1 N–H and O–H groups in total. The quantitative estimate of drug-likeness (QED) is 0.830. The van der Waals surface area contributed by atoms with Gasteiger partial charge in [0.05, 0.1) is 18.5 Å². The molecule has 0 spiro atoms. The van der Waals surface area contributed by atoms with Gasteiger partial charge < -0.3 is 14.8 Å². The molecule has 1 heterocycles. The zero-order valence-corrected chi connectivity index (χ0v) is 16.0. The molecule has 2 rings (SSSR count). The molecule has 1 aromatic carbocycles. The summed E-state index contributed by atoms with van der Waals surface area (Å²) >= 11 is 0. The highest BCUT2D eigenvalue weighted by Crippen LogP contribution is 2.24. The van der Waals surface area contributed by atoms with Crippen molar-refractivity contribution in [1.82, 2.24) is 9.78 Å². The molecule has 140 valence electrons. The number of anilines is 1. The van der Waals surface area contributed by atoms with Gasteiger partial charge in [0.1, 0.15) is 5.75 Å². The number of nitrogens with zero attached hydrogens (tertiary/aromatic N) is 2. The molecular weight excluding hydrogens is 334 g/mol. The number of aryl methyl sites for hydroxylation is 1. The van der Waals surface area contributed by atoms with Crippen LogP contribution in [0.2, 0.25) is 0 Å². The Morgan fingerprint density at radius 3 is 2.35 bits per heavy atom. The highest BCUT2D eigenvalue weighted by Gasteiger charge is 2.22. The SMILES string of the molecule is COC(=O)c1nn(C)c(C)c1NC(=O)COc1ccc(C(C)(C)C)cc1. The fourth-order valence-electron chi connectivity index (χ4n) is 2.37. The van der Waals surface area contributed by atoms with Gasteiger partial charge in [-0.15, -0.1) is 0 Å². The number of hydrogen-bond donors (Lipinski definition) is 1. The molecular formula is C19H25N3O4. The summed E-state index contributed by atoms with van der Waals surface area (Å²) in [4.78, 5) is 24.0. The number of methoxy groups -OCH3 is 1. The third-order valence-corrected chi connectivity index (χ3v) is 4.07. The van der Waals surface area contributed by atoms with E-state index >= 15 is 0 Å². The van der Waals surface area contributed by atoms with Crippen LogP contribution in [-0.2, 0) is 22.0 Å². The molecule has 0 saturated heterocycles. The molecule has 7 nitrogen and oxygen atoms in total. The highest BCUT2D eigenvalue weighted by atomic mass is 16.5. The van der Waals surface area contributed by atoms with E-state index in [2.05, 4.69) is 31.2 Å². The van der Waals surface area contributed by atoms with Gasteiger partial charge in [0.25, 0.3) is 5.91 Å². The van der Waals surface area contributed by atoms with Gasteiger partial charge in [-0.2, -0.15) is 5.10 Å². The van der Waals surface area contributed by atoms with Crippen molar-refractivity contribution in [2.24, 2.45) is 7.05 Å². The van der Waals surface area contributed by atoms with E-state index in [-0.39, 0.29) is 23.6 Å². The van der Waals surface area contributed by atoms with E-state index in [0.29, 0.717) is 17.1 Å². The second kappa shape index (κ2) is 7.59. The zero-order chi connectivity index (χ0) is 19.5. The Morgan fingerprint density at radius 1 is 1.19 bits per heavy atom. The van der Waals surface area contributed by atoms with Crippen molar-refractivity contribution in [3.05, 3.63) is 41.2 Å². The van der Waals surface area contributed by atoms with Crippen molar-refractivity contribution >= 4 is 17.6 Å². The first-order valence-electron chi connectivity index (χ1n) is 8.28. The minimum Gasteiger partial charge on any atom is -0.484 e. The molecule has 0 aliphatic rings. The third-order valence-electron chi connectivity index (χ3n) is 4.07. The van der Waals surface area contributed by atoms with Crippen LogP contribution in [0.15, 0.2) is 24.3 Å². The van der Waals surface area contributed by atoms with E-state index in [1.54, 1.807) is 14.0 Å². The van der Waals surface area contributed by atoms with Crippen LogP contribution >= 0.6 is 0 Å². The zero-order valence-electron chi connectivity index (χ0n) is 16.0. The summed E-state index contributed by atoms with van der Waals surface area (Å²) in [6.07, 6.45) is 0. The van der Waals surface area contributed by atoms with Crippen molar-refractivity contribution in [3.8, 4) is 5.75 Å². The number of benzene rings is 1. The number of hydrogen-bond acceptors (Lipinski definition) is 5. The molecule has 1 amide bonds. The molecule has 2 aromatic rings. The van der Waals surface area contributed by atoms with Crippen LogP contribution in [0.1, 0.15) is 42.5 Å². The van der Waals surface area contributed by atoms with Crippen LogP contribution in [0.4, 0.5) is 5.69 Å². The Bertz CT molecular complexity index is 801. The van der Waals surface area contributed by atoms with Crippen LogP contribution in [0, 0.1) is 6.92 Å². The first kappa shape index (κ1) is 19.5. The maximum atomic E-state index is 12.2. The lowest BCUT2D eigenvalue weighted by atomic mass is 9.87. The monoisotopic (exact) mass is 359 g/mol. The number of esters is 1. The van der Waals surface area contributed by atoms with Gasteiger partial charge in [0, 0.05) is 7.05 Å². The minimum atomic E-state index is -0.609. The lowest BCUT2D eigenvalue weighted by Gasteiger charge is -2.19. The fourth-order valence-corrected chi connectivity index (χ4v) is 2.37. The molecule has 7 heteroatoms. The molecule has 0 atom stereocenters. The van der Waals surface area contributed by atoms with Gasteiger partial charge in [-0.05, 0) is 30.0 Å². The van der Waals surface area contributed by atoms with Crippen molar-refractivity contribution in [2.75, 3.05) is 19.0 Å². The number of carbonyl (C=O) groups excluding carboxylic acids is 2. The van der Waals surface area contributed by atoms with Gasteiger partial charge in [-0.3, -0.25) is 9.48 Å². The van der Waals surface area contributed by atoms with Crippen molar-refractivity contribution < 1.29 is 19.1 Å². The first-order valence-corrected chi connectivity index (χ1v) is 8.28. The van der Waals surface area contributed by atoms with Gasteiger partial charge in [0.2, 0.25) is 0 Å². The largest absolute Gasteiger partial charge is 0.484 e. The van der Waals surface area contributed by atoms with Crippen molar-refractivity contribution in [2.45, 2.75) is 33.1 Å². The maximum absolute atomic E-state index is 12.2. The van der Waals surface area contributed by atoms with E-state index in [4.69, 9.17) is 9.47 Å². The summed E-state index contributed by atoms with van der Waals surface area (Å²) in [6.45, 7) is 7.97. The standard InChI is InChI=1S/C19H25N3O4/c1-12-16(17(18(24)25-6)21-22(12)5)20-15(23)11-26-14-9-7-13(8-10-14)19(2,3)4/h7-10H,11H2,1-6H3,(H,20,23). The fraction of sp³-hybridized carbons (Fsp3) is 0.421. The Labute approximate surface area is 153 Å². The molecule has 0 radical (unpaired) electrons. The highest BCUT2D eigenvalue weighted by molar-refractivity contribution is 6.01. The smallest absolute Gasteiger partial charge is 0.360 e. The summed E-state index contributed by atoms with van der Waals surface area (Å²) in [7, 11) is 2.95. The van der Waals surface area contributed by atoms with Crippen LogP contribution < -0.4 is 10.1 Å². The summed E-state index contributed by atoms with van der Waals surface area (Å²) in [5.41, 5.74) is 2.28. The number of ether oxygens (including phenoxy) is 2. The molecule has 0 fully saturated rings. The van der Waals surface area contributed by atoms with Crippen molar-refractivity contribution in [1.29, 1.82) is 0 Å². The average Bonchev–Trinajstić information content (AvgIpc) is 2.87. The van der Waals surface area contributed by atoms with Crippen LogP contribution in [0.25, 0.3) is 0 Å². The summed E-state index contributed by atoms with van der Waals surface area (Å²) in [5, 5.41) is 6.74. The maximum Gasteiger partial charge on any atom is 0.360 e. The number of nitrogens with one attached hydrogen (secondary N) is 1. The summed E-state index contributed by atoms with van der Waals surface area (Å²) in [6, 6.07) is 7.63. The minimum absolute atomic E-state index is 0.0536. The average molecular weight is 359 g/mol. The lowest BCUT2D eigenvalue weighted by molar-refractivity contribution is -0.118.